The fourth-order valence-electron chi connectivity index (χ4n) is 2.80. The maximum atomic E-state index is 14.2. The van der Waals surface area contributed by atoms with Crippen molar-refractivity contribution < 1.29 is 22.7 Å². The number of benzene rings is 1. The monoisotopic (exact) mass is 366 g/mol. The molecule has 2 N–H and O–H groups in total. The number of ether oxygens (including phenoxy) is 1. The Balaban J connectivity index is 0.00000288. The SMILES string of the molecule is COCC1(CNC(=O)C(F)(F)c2ccc(F)cc2)CCNCC1.Cl. The van der Waals surface area contributed by atoms with Crippen LogP contribution in [0.25, 0.3) is 0 Å². The molecule has 1 heterocycles. The fraction of sp³-hybridized carbons (Fsp3) is 0.562. The number of methoxy groups -OCH3 is 1. The molecule has 0 bridgehead atoms. The highest BCUT2D eigenvalue weighted by molar-refractivity contribution is 5.85. The van der Waals surface area contributed by atoms with Gasteiger partial charge in [-0.1, -0.05) is 0 Å². The lowest BCUT2D eigenvalue weighted by Crippen LogP contribution is -2.49. The van der Waals surface area contributed by atoms with Gasteiger partial charge < -0.3 is 15.4 Å². The topological polar surface area (TPSA) is 50.4 Å². The second kappa shape index (κ2) is 8.69. The van der Waals surface area contributed by atoms with Crippen LogP contribution in [0.4, 0.5) is 13.2 Å². The molecule has 0 radical (unpaired) electrons. The van der Waals surface area contributed by atoms with Crippen LogP contribution >= 0.6 is 12.4 Å². The Morgan fingerprint density at radius 1 is 1.29 bits per heavy atom. The Morgan fingerprint density at radius 2 is 1.88 bits per heavy atom. The molecular weight excluding hydrogens is 345 g/mol. The van der Waals surface area contributed by atoms with Gasteiger partial charge in [0.05, 0.1) is 6.61 Å². The Hall–Kier alpha value is -1.31. The van der Waals surface area contributed by atoms with Gasteiger partial charge in [0.1, 0.15) is 5.82 Å². The number of carbonyl (C=O) groups is 1. The molecule has 1 aliphatic heterocycles. The molecule has 1 fully saturated rings. The zero-order valence-electron chi connectivity index (χ0n) is 13.4. The molecule has 0 unspecified atom stereocenters. The van der Waals surface area contributed by atoms with Crippen molar-refractivity contribution in [1.29, 1.82) is 0 Å². The van der Waals surface area contributed by atoms with Crippen LogP contribution in [0.15, 0.2) is 24.3 Å². The average molecular weight is 367 g/mol. The van der Waals surface area contributed by atoms with Crippen LogP contribution in [-0.4, -0.2) is 39.3 Å². The van der Waals surface area contributed by atoms with E-state index in [-0.39, 0.29) is 24.4 Å². The first-order valence-corrected chi connectivity index (χ1v) is 7.51. The van der Waals surface area contributed by atoms with Crippen molar-refractivity contribution in [1.82, 2.24) is 10.6 Å². The van der Waals surface area contributed by atoms with E-state index in [0.717, 1.165) is 50.2 Å². The second-order valence-electron chi connectivity index (χ2n) is 5.95. The molecule has 0 aliphatic carbocycles. The van der Waals surface area contributed by atoms with Crippen LogP contribution in [0.2, 0.25) is 0 Å². The summed E-state index contributed by atoms with van der Waals surface area (Å²) < 4.78 is 46.4. The van der Waals surface area contributed by atoms with Gasteiger partial charge in [0.2, 0.25) is 0 Å². The van der Waals surface area contributed by atoms with Crippen LogP contribution in [0.3, 0.4) is 0 Å². The molecule has 1 aliphatic rings. The summed E-state index contributed by atoms with van der Waals surface area (Å²) in [4.78, 5) is 11.9. The van der Waals surface area contributed by atoms with Gasteiger partial charge in [-0.25, -0.2) is 4.39 Å². The quantitative estimate of drug-likeness (QED) is 0.813. The summed E-state index contributed by atoms with van der Waals surface area (Å²) in [5.41, 5.74) is -0.864. The molecule has 1 aromatic carbocycles. The van der Waals surface area contributed by atoms with E-state index < -0.39 is 23.2 Å². The van der Waals surface area contributed by atoms with Crippen molar-refractivity contribution in [2.45, 2.75) is 18.8 Å². The van der Waals surface area contributed by atoms with Crippen LogP contribution < -0.4 is 10.6 Å². The van der Waals surface area contributed by atoms with Gasteiger partial charge in [-0.3, -0.25) is 4.79 Å². The third-order valence-electron chi connectivity index (χ3n) is 4.23. The normalized spacial score (nSPS) is 17.0. The standard InChI is InChI=1S/C16H21F3N2O2.ClH/c1-23-11-15(6-8-20-9-7-15)10-21-14(22)16(18,19)12-2-4-13(17)5-3-12;/h2-5,20H,6-11H2,1H3,(H,21,22);1H. The van der Waals surface area contributed by atoms with Crippen molar-refractivity contribution >= 4 is 18.3 Å². The highest BCUT2D eigenvalue weighted by atomic mass is 35.5. The van der Waals surface area contributed by atoms with E-state index >= 15 is 0 Å². The number of amides is 1. The highest BCUT2D eigenvalue weighted by Crippen LogP contribution is 2.31. The molecule has 24 heavy (non-hydrogen) atoms. The first kappa shape index (κ1) is 20.7. The molecule has 8 heteroatoms. The number of carbonyl (C=O) groups excluding carboxylic acids is 1. The van der Waals surface area contributed by atoms with Crippen LogP contribution in [-0.2, 0) is 15.5 Å². The fourth-order valence-corrected chi connectivity index (χ4v) is 2.80. The zero-order chi connectivity index (χ0) is 16.9. The lowest BCUT2D eigenvalue weighted by Gasteiger charge is -2.37. The summed E-state index contributed by atoms with van der Waals surface area (Å²) in [5.74, 6) is -5.70. The molecule has 2 rings (SSSR count). The number of hydrogen-bond donors (Lipinski definition) is 2. The molecular formula is C16H22ClF3N2O2. The molecule has 1 amide bonds. The van der Waals surface area contributed by atoms with E-state index in [2.05, 4.69) is 10.6 Å². The van der Waals surface area contributed by atoms with Gasteiger partial charge in [-0.2, -0.15) is 8.78 Å². The van der Waals surface area contributed by atoms with Gasteiger partial charge in [0, 0.05) is 24.6 Å². The smallest absolute Gasteiger partial charge is 0.349 e. The summed E-state index contributed by atoms with van der Waals surface area (Å²) in [5, 5.41) is 5.54. The van der Waals surface area contributed by atoms with Gasteiger partial charge in [0.15, 0.2) is 0 Å². The number of halogens is 4. The second-order valence-corrected chi connectivity index (χ2v) is 5.95. The molecule has 0 atom stereocenters. The minimum absolute atomic E-state index is 0. The van der Waals surface area contributed by atoms with Gasteiger partial charge in [-0.15, -0.1) is 12.4 Å². The van der Waals surface area contributed by atoms with Crippen LogP contribution in [0, 0.1) is 11.2 Å². The Kier molecular flexibility index (Phi) is 7.51. The third-order valence-corrected chi connectivity index (χ3v) is 4.23. The Bertz CT molecular complexity index is 529. The largest absolute Gasteiger partial charge is 0.384 e. The molecule has 1 saturated heterocycles. The number of alkyl halides is 2. The average Bonchev–Trinajstić information content (AvgIpc) is 2.54. The summed E-state index contributed by atoms with van der Waals surface area (Å²) in [6, 6.07) is 3.67. The lowest BCUT2D eigenvalue weighted by atomic mass is 9.79. The Morgan fingerprint density at radius 3 is 2.42 bits per heavy atom. The van der Waals surface area contributed by atoms with Gasteiger partial charge >= 0.3 is 5.92 Å². The maximum absolute atomic E-state index is 14.2. The number of hydrogen-bond acceptors (Lipinski definition) is 3. The van der Waals surface area contributed by atoms with Crippen molar-refractivity contribution in [3.8, 4) is 0 Å². The van der Waals surface area contributed by atoms with Crippen molar-refractivity contribution in [2.75, 3.05) is 33.4 Å². The first-order chi connectivity index (χ1) is 10.9. The van der Waals surface area contributed by atoms with E-state index in [9.17, 15) is 18.0 Å². The molecule has 0 aromatic heterocycles. The highest BCUT2D eigenvalue weighted by Gasteiger charge is 2.42. The van der Waals surface area contributed by atoms with Gasteiger partial charge in [0.25, 0.3) is 5.91 Å². The maximum Gasteiger partial charge on any atom is 0.349 e. The molecule has 136 valence electrons. The van der Waals surface area contributed by atoms with Crippen molar-refractivity contribution in [3.05, 3.63) is 35.6 Å². The summed E-state index contributed by atoms with van der Waals surface area (Å²) >= 11 is 0. The minimum Gasteiger partial charge on any atom is -0.384 e. The summed E-state index contributed by atoms with van der Waals surface area (Å²) in [6.45, 7) is 2.04. The molecule has 4 nitrogen and oxygen atoms in total. The summed E-state index contributed by atoms with van der Waals surface area (Å²) in [7, 11) is 1.55. The molecule has 0 spiro atoms. The summed E-state index contributed by atoms with van der Waals surface area (Å²) in [6.07, 6.45) is 1.48. The van der Waals surface area contributed by atoms with Crippen molar-refractivity contribution in [2.24, 2.45) is 5.41 Å². The zero-order valence-corrected chi connectivity index (χ0v) is 14.2. The number of piperidine rings is 1. The van der Waals surface area contributed by atoms with E-state index in [4.69, 9.17) is 4.74 Å². The number of rotatable bonds is 6. The van der Waals surface area contributed by atoms with Crippen LogP contribution in [0.1, 0.15) is 18.4 Å². The molecule has 1 aromatic rings. The molecule has 0 saturated carbocycles. The minimum atomic E-state index is -3.70. The lowest BCUT2D eigenvalue weighted by molar-refractivity contribution is -0.147. The first-order valence-electron chi connectivity index (χ1n) is 7.51. The van der Waals surface area contributed by atoms with E-state index in [1.54, 1.807) is 7.11 Å². The predicted molar refractivity (Wildman–Crippen MR) is 87.0 cm³/mol. The van der Waals surface area contributed by atoms with E-state index in [1.165, 1.54) is 0 Å². The van der Waals surface area contributed by atoms with E-state index in [0.29, 0.717) is 6.61 Å². The van der Waals surface area contributed by atoms with Gasteiger partial charge in [-0.05, 0) is 50.2 Å². The predicted octanol–water partition coefficient (Wildman–Crippen LogP) is 2.47. The van der Waals surface area contributed by atoms with E-state index in [1.807, 2.05) is 0 Å². The van der Waals surface area contributed by atoms with Crippen LogP contribution in [0.5, 0.6) is 0 Å². The van der Waals surface area contributed by atoms with Crippen molar-refractivity contribution in [3.63, 3.8) is 0 Å². The third kappa shape index (κ3) is 4.84. The Labute approximate surface area is 145 Å². The number of nitrogens with one attached hydrogen (secondary N) is 2.